The molecule has 0 unspecified atom stereocenters. The molecular formula is C12H12FN3O2. The van der Waals surface area contributed by atoms with Crippen molar-refractivity contribution in [3.8, 4) is 0 Å². The first-order valence-corrected chi connectivity index (χ1v) is 5.74. The normalized spacial score (nSPS) is 15.2. The van der Waals surface area contributed by atoms with E-state index >= 15 is 0 Å². The molecule has 0 atom stereocenters. The predicted molar refractivity (Wildman–Crippen MR) is 65.6 cm³/mol. The fourth-order valence-electron chi connectivity index (χ4n) is 2.25. The van der Waals surface area contributed by atoms with Crippen molar-refractivity contribution in [3.63, 3.8) is 0 Å². The molecule has 1 aromatic carbocycles. The molecule has 0 spiro atoms. The smallest absolute Gasteiger partial charge is 0.332 e. The highest BCUT2D eigenvalue weighted by molar-refractivity contribution is 5.82. The van der Waals surface area contributed by atoms with Gasteiger partial charge in [0.1, 0.15) is 5.82 Å². The van der Waals surface area contributed by atoms with Gasteiger partial charge in [-0.25, -0.2) is 9.18 Å². The van der Waals surface area contributed by atoms with E-state index in [9.17, 15) is 14.0 Å². The van der Waals surface area contributed by atoms with Gasteiger partial charge in [-0.05, 0) is 37.5 Å². The number of nitrogens with zero attached hydrogens (tertiary/aromatic N) is 2. The number of nitrogen functional groups attached to an aromatic ring is 1. The van der Waals surface area contributed by atoms with Gasteiger partial charge in [-0.3, -0.25) is 9.36 Å². The number of aromatic nitrogens is 2. The maximum atomic E-state index is 13.5. The second-order valence-corrected chi connectivity index (χ2v) is 4.63. The molecule has 94 valence electrons. The fraction of sp³-hybridized carbons (Fsp3) is 0.333. The Balaban J connectivity index is 2.60. The summed E-state index contributed by atoms with van der Waals surface area (Å²) in [5.74, 6) is 5.01. The van der Waals surface area contributed by atoms with Crippen molar-refractivity contribution in [3.05, 3.63) is 44.4 Å². The van der Waals surface area contributed by atoms with Gasteiger partial charge in [0.2, 0.25) is 0 Å². The largest absolute Gasteiger partial charge is 0.350 e. The van der Waals surface area contributed by atoms with E-state index in [0.29, 0.717) is 10.2 Å². The van der Waals surface area contributed by atoms with E-state index in [0.717, 1.165) is 12.8 Å². The van der Waals surface area contributed by atoms with Gasteiger partial charge >= 0.3 is 5.69 Å². The summed E-state index contributed by atoms with van der Waals surface area (Å²) in [5.41, 5.74) is -0.496. The molecule has 0 saturated heterocycles. The van der Waals surface area contributed by atoms with E-state index < -0.39 is 17.1 Å². The van der Waals surface area contributed by atoms with Crippen LogP contribution in [0, 0.1) is 12.7 Å². The number of hydrogen-bond donors (Lipinski definition) is 1. The number of nitrogens with two attached hydrogens (primary N) is 1. The second kappa shape index (κ2) is 3.44. The Bertz CT molecular complexity index is 771. The van der Waals surface area contributed by atoms with Crippen LogP contribution in [0.1, 0.15) is 24.4 Å². The molecule has 2 N–H and O–H groups in total. The molecule has 0 aliphatic heterocycles. The van der Waals surface area contributed by atoms with E-state index in [1.807, 2.05) is 0 Å². The van der Waals surface area contributed by atoms with E-state index in [2.05, 4.69) is 0 Å². The molecular weight excluding hydrogens is 237 g/mol. The number of benzene rings is 1. The number of aryl methyl sites for hydroxylation is 1. The zero-order valence-corrected chi connectivity index (χ0v) is 9.81. The molecule has 1 aliphatic rings. The first-order chi connectivity index (χ1) is 8.52. The Morgan fingerprint density at radius 2 is 2.00 bits per heavy atom. The molecule has 0 radical (unpaired) electrons. The summed E-state index contributed by atoms with van der Waals surface area (Å²) in [6.07, 6.45) is 1.76. The maximum absolute atomic E-state index is 13.5. The first kappa shape index (κ1) is 11.0. The predicted octanol–water partition coefficient (Wildman–Crippen LogP) is 0.659. The molecule has 18 heavy (non-hydrogen) atoms. The van der Waals surface area contributed by atoms with Crippen LogP contribution in [0.25, 0.3) is 10.9 Å². The highest BCUT2D eigenvalue weighted by Gasteiger charge is 2.28. The summed E-state index contributed by atoms with van der Waals surface area (Å²) in [6.45, 7) is 1.51. The Morgan fingerprint density at radius 1 is 1.33 bits per heavy atom. The third kappa shape index (κ3) is 1.32. The van der Waals surface area contributed by atoms with Crippen LogP contribution >= 0.6 is 0 Å². The summed E-state index contributed by atoms with van der Waals surface area (Å²) < 4.78 is 15.6. The Hall–Kier alpha value is -2.11. The average Bonchev–Trinajstić information content (AvgIpc) is 3.15. The van der Waals surface area contributed by atoms with Crippen molar-refractivity contribution in [1.29, 1.82) is 0 Å². The van der Waals surface area contributed by atoms with Crippen molar-refractivity contribution in [1.82, 2.24) is 9.24 Å². The number of hydrogen-bond acceptors (Lipinski definition) is 3. The lowest BCUT2D eigenvalue weighted by atomic mass is 10.1. The second-order valence-electron chi connectivity index (χ2n) is 4.63. The van der Waals surface area contributed by atoms with Crippen LogP contribution in [-0.2, 0) is 0 Å². The molecule has 1 heterocycles. The molecule has 0 amide bonds. The fourth-order valence-corrected chi connectivity index (χ4v) is 2.25. The van der Waals surface area contributed by atoms with Crippen LogP contribution in [0.15, 0.2) is 21.7 Å². The lowest BCUT2D eigenvalue weighted by molar-refractivity contribution is 0.616. The quantitative estimate of drug-likeness (QED) is 0.755. The summed E-state index contributed by atoms with van der Waals surface area (Å²) >= 11 is 0. The van der Waals surface area contributed by atoms with Crippen LogP contribution in [0.2, 0.25) is 0 Å². The molecule has 5 nitrogen and oxygen atoms in total. The summed E-state index contributed by atoms with van der Waals surface area (Å²) in [7, 11) is 0. The first-order valence-electron chi connectivity index (χ1n) is 5.74. The highest BCUT2D eigenvalue weighted by atomic mass is 19.1. The third-order valence-corrected chi connectivity index (χ3v) is 3.39. The van der Waals surface area contributed by atoms with Crippen LogP contribution in [0.4, 0.5) is 4.39 Å². The molecule has 3 rings (SSSR count). The lowest BCUT2D eigenvalue weighted by Gasteiger charge is -2.12. The van der Waals surface area contributed by atoms with Crippen LogP contribution in [-0.4, -0.2) is 9.24 Å². The van der Waals surface area contributed by atoms with E-state index in [-0.39, 0.29) is 17.0 Å². The topological polar surface area (TPSA) is 70.0 Å². The average molecular weight is 249 g/mol. The summed E-state index contributed by atoms with van der Waals surface area (Å²) in [4.78, 5) is 24.0. The lowest BCUT2D eigenvalue weighted by Crippen LogP contribution is -2.44. The van der Waals surface area contributed by atoms with Crippen molar-refractivity contribution >= 4 is 10.9 Å². The standard InChI is InChI=1S/C12H12FN3O2/c1-6-8(13)4-5-9-10(6)11(17)16(14)12(18)15(9)7-2-3-7/h4-5,7H,2-3,14H2,1H3. The van der Waals surface area contributed by atoms with Gasteiger partial charge in [0.25, 0.3) is 5.56 Å². The van der Waals surface area contributed by atoms with Crippen LogP contribution in [0.5, 0.6) is 0 Å². The molecule has 1 fully saturated rings. The van der Waals surface area contributed by atoms with E-state index in [4.69, 9.17) is 5.84 Å². The van der Waals surface area contributed by atoms with Crippen LogP contribution < -0.4 is 17.1 Å². The number of halogens is 1. The van der Waals surface area contributed by atoms with E-state index in [1.54, 1.807) is 0 Å². The molecule has 0 bridgehead atoms. The molecule has 1 saturated carbocycles. The minimum Gasteiger partial charge on any atom is -0.332 e. The molecule has 1 aromatic heterocycles. The maximum Gasteiger partial charge on any atom is 0.350 e. The number of rotatable bonds is 1. The Morgan fingerprint density at radius 3 is 2.61 bits per heavy atom. The van der Waals surface area contributed by atoms with Crippen molar-refractivity contribution in [2.24, 2.45) is 0 Å². The van der Waals surface area contributed by atoms with Gasteiger partial charge in [-0.1, -0.05) is 0 Å². The summed E-state index contributed by atoms with van der Waals surface area (Å²) in [5, 5.41) is 0.184. The van der Waals surface area contributed by atoms with Gasteiger partial charge in [0.05, 0.1) is 10.9 Å². The SMILES string of the molecule is Cc1c(F)ccc2c1c(=O)n(N)c(=O)n2C1CC1. The van der Waals surface area contributed by atoms with Gasteiger partial charge in [0, 0.05) is 6.04 Å². The van der Waals surface area contributed by atoms with Crippen molar-refractivity contribution in [2.45, 2.75) is 25.8 Å². The molecule has 2 aromatic rings. The van der Waals surface area contributed by atoms with Gasteiger partial charge in [-0.15, -0.1) is 0 Å². The molecule has 1 aliphatic carbocycles. The van der Waals surface area contributed by atoms with Crippen molar-refractivity contribution < 1.29 is 4.39 Å². The number of fused-ring (bicyclic) bond motifs is 1. The minimum absolute atomic E-state index is 0.0697. The highest BCUT2D eigenvalue weighted by Crippen LogP contribution is 2.35. The third-order valence-electron chi connectivity index (χ3n) is 3.39. The zero-order valence-electron chi connectivity index (χ0n) is 9.81. The van der Waals surface area contributed by atoms with E-state index in [1.165, 1.54) is 23.6 Å². The Kier molecular flexibility index (Phi) is 2.10. The van der Waals surface area contributed by atoms with Gasteiger partial charge in [-0.2, -0.15) is 4.68 Å². The monoisotopic (exact) mass is 249 g/mol. The molecule has 6 heteroatoms. The van der Waals surface area contributed by atoms with Gasteiger partial charge in [0.15, 0.2) is 0 Å². The summed E-state index contributed by atoms with van der Waals surface area (Å²) in [6, 6.07) is 2.81. The van der Waals surface area contributed by atoms with Gasteiger partial charge < -0.3 is 5.84 Å². The Labute approximate surface area is 101 Å². The minimum atomic E-state index is -0.649. The van der Waals surface area contributed by atoms with Crippen LogP contribution in [0.3, 0.4) is 0 Å². The van der Waals surface area contributed by atoms with Crippen molar-refractivity contribution in [2.75, 3.05) is 5.84 Å². The zero-order chi connectivity index (χ0) is 13.0.